The first-order chi connectivity index (χ1) is 16.5. The van der Waals surface area contributed by atoms with Gasteiger partial charge in [0.2, 0.25) is 0 Å². The molecule has 1 aromatic heterocycles. The molecule has 0 radical (unpaired) electrons. The van der Waals surface area contributed by atoms with Gasteiger partial charge in [0.1, 0.15) is 12.3 Å². The number of hydrogen-bond acceptors (Lipinski definition) is 5. The molecule has 0 bridgehead atoms. The highest BCUT2D eigenvalue weighted by Crippen LogP contribution is 2.24. The molecule has 1 heterocycles. The van der Waals surface area contributed by atoms with Crippen molar-refractivity contribution in [3.63, 3.8) is 0 Å². The number of phenolic OH excluding ortho intramolecular Hbond substituents is 1. The smallest absolute Gasteiger partial charge is 0.260 e. The third-order valence-electron chi connectivity index (χ3n) is 5.74. The van der Waals surface area contributed by atoms with E-state index in [1.54, 1.807) is 24.3 Å². The molecule has 0 aliphatic rings. The summed E-state index contributed by atoms with van der Waals surface area (Å²) in [5.74, 6) is -0.260. The number of fused-ring (bicyclic) bond motifs is 2. The van der Waals surface area contributed by atoms with Gasteiger partial charge < -0.3 is 14.6 Å². The summed E-state index contributed by atoms with van der Waals surface area (Å²) in [6.45, 7) is 5.64. The van der Waals surface area contributed by atoms with Crippen LogP contribution in [0.5, 0.6) is 5.75 Å². The van der Waals surface area contributed by atoms with Crippen LogP contribution in [0.15, 0.2) is 76.6 Å². The first-order valence-corrected chi connectivity index (χ1v) is 11.2. The van der Waals surface area contributed by atoms with Gasteiger partial charge in [0, 0.05) is 34.6 Å². The average Bonchev–Trinajstić information content (AvgIpc) is 2.86. The van der Waals surface area contributed by atoms with Crippen LogP contribution >= 0.6 is 0 Å². The number of para-hydroxylation sites is 2. The van der Waals surface area contributed by atoms with Gasteiger partial charge in [0.05, 0.1) is 30.6 Å². The van der Waals surface area contributed by atoms with Crippen LogP contribution in [-0.2, 0) is 11.3 Å². The van der Waals surface area contributed by atoms with Crippen LogP contribution in [-0.4, -0.2) is 34.9 Å². The minimum Gasteiger partial charge on any atom is -0.507 e. The monoisotopic (exact) mass is 455 g/mol. The van der Waals surface area contributed by atoms with Gasteiger partial charge >= 0.3 is 0 Å². The van der Waals surface area contributed by atoms with Gasteiger partial charge in [-0.3, -0.25) is 9.59 Å². The molecule has 0 aliphatic heterocycles. The summed E-state index contributed by atoms with van der Waals surface area (Å²) in [6.07, 6.45) is 3.47. The van der Waals surface area contributed by atoms with E-state index in [-0.39, 0.29) is 23.6 Å². The Hall–Kier alpha value is -4.26. The molecule has 0 saturated carbocycles. The molecule has 2 N–H and O–H groups in total. The molecule has 7 nitrogen and oxygen atoms in total. The van der Waals surface area contributed by atoms with E-state index in [1.807, 2.05) is 54.0 Å². The largest absolute Gasteiger partial charge is 0.507 e. The number of carbonyl (C=O) groups excluding carboxylic acids is 1. The molecule has 3 aromatic carbocycles. The predicted molar refractivity (Wildman–Crippen MR) is 137 cm³/mol. The lowest BCUT2D eigenvalue weighted by Crippen LogP contribution is -2.25. The summed E-state index contributed by atoms with van der Waals surface area (Å²) in [5.41, 5.74) is 5.25. The third-order valence-corrected chi connectivity index (χ3v) is 5.74. The number of benzene rings is 3. The van der Waals surface area contributed by atoms with Crippen LogP contribution in [0.4, 0.5) is 5.69 Å². The fraction of sp³-hybridized carbons (Fsp3) is 0.185. The van der Waals surface area contributed by atoms with E-state index in [0.717, 1.165) is 18.8 Å². The van der Waals surface area contributed by atoms with Crippen molar-refractivity contribution < 1.29 is 9.90 Å². The van der Waals surface area contributed by atoms with Gasteiger partial charge in [0.15, 0.2) is 12.0 Å². The first-order valence-electron chi connectivity index (χ1n) is 11.2. The van der Waals surface area contributed by atoms with Gasteiger partial charge in [0.25, 0.3) is 5.91 Å². The van der Waals surface area contributed by atoms with E-state index >= 15 is 0 Å². The standard InChI is InChI=1S/C27H26N4O3/c1-3-15-30(4-2)20-14-13-19(25(32)16-20)17-28-29-26(33)18-31-23-11-7-5-9-21(23)27(34)22-10-6-8-12-24(22)31/h3,5-14,16-17H,4,15,18H2,1-2H3,(H-,28,29,32,33)/p+1. The zero-order valence-corrected chi connectivity index (χ0v) is 19.2. The predicted octanol–water partition coefficient (Wildman–Crippen LogP) is 4.06. The molecule has 34 heavy (non-hydrogen) atoms. The molecule has 172 valence electrons. The van der Waals surface area contributed by atoms with Crippen LogP contribution in [0.2, 0.25) is 0 Å². The number of anilines is 1. The summed E-state index contributed by atoms with van der Waals surface area (Å²) in [5, 5.41) is 15.5. The SMILES string of the molecule is C[CH+]CN(CC)c1ccc(/C=N\NC(=O)Cn2c3ccccc3c(=O)c3ccccc32)c(O)c1. The molecule has 0 saturated heterocycles. The summed E-state index contributed by atoms with van der Waals surface area (Å²) < 4.78 is 1.81. The second-order valence-electron chi connectivity index (χ2n) is 7.93. The minimum absolute atomic E-state index is 0.0114. The minimum atomic E-state index is -0.345. The van der Waals surface area contributed by atoms with Crippen molar-refractivity contribution in [2.24, 2.45) is 5.10 Å². The maximum Gasteiger partial charge on any atom is 0.260 e. The van der Waals surface area contributed by atoms with Crippen molar-refractivity contribution in [2.45, 2.75) is 20.4 Å². The van der Waals surface area contributed by atoms with Gasteiger partial charge in [-0.15, -0.1) is 0 Å². The Labute approximate surface area is 197 Å². The number of rotatable bonds is 8. The van der Waals surface area contributed by atoms with Crippen molar-refractivity contribution in [1.82, 2.24) is 9.99 Å². The summed E-state index contributed by atoms with van der Waals surface area (Å²) in [6, 6.07) is 19.9. The van der Waals surface area contributed by atoms with Gasteiger partial charge in [-0.25, -0.2) is 5.43 Å². The molecule has 0 fully saturated rings. The second kappa shape index (κ2) is 10.1. The molecule has 4 aromatic rings. The van der Waals surface area contributed by atoms with Crippen LogP contribution in [0, 0.1) is 6.42 Å². The Balaban J connectivity index is 1.54. The second-order valence-corrected chi connectivity index (χ2v) is 7.93. The number of carbonyl (C=O) groups is 1. The Morgan fingerprint density at radius 3 is 2.32 bits per heavy atom. The van der Waals surface area contributed by atoms with Crippen molar-refractivity contribution in [2.75, 3.05) is 18.0 Å². The molecule has 0 spiro atoms. The molecule has 4 rings (SSSR count). The zero-order chi connectivity index (χ0) is 24.1. The van der Waals surface area contributed by atoms with E-state index in [1.165, 1.54) is 6.21 Å². The van der Waals surface area contributed by atoms with Crippen molar-refractivity contribution in [3.8, 4) is 5.75 Å². The number of pyridine rings is 1. The zero-order valence-electron chi connectivity index (χ0n) is 19.2. The van der Waals surface area contributed by atoms with E-state index < -0.39 is 0 Å². The third kappa shape index (κ3) is 4.59. The van der Waals surface area contributed by atoms with Gasteiger partial charge in [-0.05, 0) is 43.3 Å². The number of nitrogens with one attached hydrogen (secondary N) is 1. The maximum atomic E-state index is 12.8. The number of phenols is 1. The quantitative estimate of drug-likeness (QED) is 0.182. The summed E-state index contributed by atoms with van der Waals surface area (Å²) in [7, 11) is 0. The fourth-order valence-electron chi connectivity index (χ4n) is 4.08. The lowest BCUT2D eigenvalue weighted by atomic mass is 10.1. The van der Waals surface area contributed by atoms with E-state index in [4.69, 9.17) is 0 Å². The maximum absolute atomic E-state index is 12.8. The topological polar surface area (TPSA) is 86.9 Å². The van der Waals surface area contributed by atoms with Crippen molar-refractivity contribution in [3.05, 3.63) is 88.9 Å². The molecule has 7 heteroatoms. The Kier molecular flexibility index (Phi) is 6.82. The Morgan fingerprint density at radius 2 is 1.74 bits per heavy atom. The number of aromatic hydroxyl groups is 1. The normalized spacial score (nSPS) is 11.2. The number of aromatic nitrogens is 1. The molecule has 1 amide bonds. The Morgan fingerprint density at radius 1 is 1.09 bits per heavy atom. The van der Waals surface area contributed by atoms with E-state index in [2.05, 4.69) is 28.8 Å². The Bertz CT molecular complexity index is 1360. The molecule has 0 unspecified atom stereocenters. The van der Waals surface area contributed by atoms with Crippen molar-refractivity contribution >= 4 is 39.6 Å². The first kappa shape index (κ1) is 22.9. The van der Waals surface area contributed by atoms with E-state index in [0.29, 0.717) is 27.4 Å². The number of hydrazone groups is 1. The van der Waals surface area contributed by atoms with Crippen LogP contribution in [0.3, 0.4) is 0 Å². The van der Waals surface area contributed by atoms with Gasteiger partial charge in [-0.1, -0.05) is 24.3 Å². The van der Waals surface area contributed by atoms with Crippen LogP contribution in [0.25, 0.3) is 21.8 Å². The lowest BCUT2D eigenvalue weighted by molar-refractivity contribution is -0.121. The molecular formula is C27H27N4O3+. The lowest BCUT2D eigenvalue weighted by Gasteiger charge is -2.19. The van der Waals surface area contributed by atoms with Crippen LogP contribution < -0.4 is 15.8 Å². The highest BCUT2D eigenvalue weighted by molar-refractivity contribution is 5.95. The van der Waals surface area contributed by atoms with E-state index in [9.17, 15) is 14.7 Å². The molecule has 0 atom stereocenters. The summed E-state index contributed by atoms with van der Waals surface area (Å²) in [4.78, 5) is 27.7. The number of nitrogens with zero attached hydrogens (tertiary/aromatic N) is 3. The molecule has 0 aliphatic carbocycles. The van der Waals surface area contributed by atoms with Crippen LogP contribution in [0.1, 0.15) is 19.4 Å². The summed E-state index contributed by atoms with van der Waals surface area (Å²) >= 11 is 0. The average molecular weight is 456 g/mol. The highest BCUT2D eigenvalue weighted by Gasteiger charge is 2.13. The fourth-order valence-corrected chi connectivity index (χ4v) is 4.08. The van der Waals surface area contributed by atoms with Gasteiger partial charge in [-0.2, -0.15) is 5.10 Å². The highest BCUT2D eigenvalue weighted by atomic mass is 16.3. The molecular weight excluding hydrogens is 428 g/mol. The van der Waals surface area contributed by atoms with Crippen molar-refractivity contribution in [1.29, 1.82) is 0 Å². The number of hydrogen-bond donors (Lipinski definition) is 2. The number of amides is 1.